The van der Waals surface area contributed by atoms with Gasteiger partial charge in [0, 0.05) is 11.2 Å². The summed E-state index contributed by atoms with van der Waals surface area (Å²) in [6.07, 6.45) is 9.48. The van der Waals surface area contributed by atoms with Crippen LogP contribution in [0.5, 0.6) is 0 Å². The Hall–Kier alpha value is 0.290. The molecule has 0 aliphatic heterocycles. The van der Waals surface area contributed by atoms with Crippen molar-refractivity contribution >= 4 is 20.2 Å². The Bertz CT molecular complexity index is 263. The third-order valence-corrected chi connectivity index (χ3v) is 3.52. The highest BCUT2D eigenvalue weighted by Gasteiger charge is 2.14. The first-order valence-electron chi connectivity index (χ1n) is 6.65. The normalized spacial score (nSPS) is 16.6. The van der Waals surface area contributed by atoms with Crippen molar-refractivity contribution in [3.8, 4) is 0 Å². The van der Waals surface area contributed by atoms with Crippen molar-refractivity contribution in [1.29, 1.82) is 0 Å². The van der Waals surface area contributed by atoms with Gasteiger partial charge in [-0.15, -0.1) is 0 Å². The summed E-state index contributed by atoms with van der Waals surface area (Å²) >= 11 is 4.40. The lowest BCUT2D eigenvalue weighted by atomic mass is 10.0. The predicted molar refractivity (Wildman–Crippen MR) is 75.9 cm³/mol. The van der Waals surface area contributed by atoms with Crippen LogP contribution >= 0.6 is 0 Å². The van der Waals surface area contributed by atoms with E-state index in [4.69, 9.17) is 8.74 Å². The fourth-order valence-electron chi connectivity index (χ4n) is 1.83. The zero-order valence-corrected chi connectivity index (χ0v) is 12.7. The minimum atomic E-state index is -3.47. The fraction of sp³-hybridized carbons (Fsp3) is 1.00. The molecule has 0 aromatic heterocycles. The quantitative estimate of drug-likeness (QED) is 0.581. The van der Waals surface area contributed by atoms with E-state index in [0.717, 1.165) is 44.9 Å². The Balaban J connectivity index is 3.93. The van der Waals surface area contributed by atoms with Crippen molar-refractivity contribution in [2.45, 2.75) is 77.7 Å². The number of hydrogen-bond acceptors (Lipinski definition) is 3. The Morgan fingerprint density at radius 1 is 1.06 bits per heavy atom. The summed E-state index contributed by atoms with van der Waals surface area (Å²) in [4.78, 5) is 0. The number of hydrogen-bond donors (Lipinski definition) is 1. The molecule has 0 radical (unpaired) electrons. The SMILES string of the molecule is CCCCCCC(CCCCC)OS(=O)(O)=S. The van der Waals surface area contributed by atoms with Gasteiger partial charge in [-0.05, 0) is 12.8 Å². The molecule has 0 saturated carbocycles. The average molecular weight is 282 g/mol. The molecule has 0 aliphatic rings. The summed E-state index contributed by atoms with van der Waals surface area (Å²) in [5.74, 6) is 0. The molecule has 0 amide bonds. The number of rotatable bonds is 11. The van der Waals surface area contributed by atoms with Gasteiger partial charge in [0.15, 0.2) is 0 Å². The highest BCUT2D eigenvalue weighted by atomic mass is 32.9. The summed E-state index contributed by atoms with van der Waals surface area (Å²) in [5, 5.41) is 0. The minimum Gasteiger partial charge on any atom is -0.285 e. The van der Waals surface area contributed by atoms with Crippen LogP contribution in [0.15, 0.2) is 0 Å². The first-order valence-corrected chi connectivity index (χ1v) is 9.01. The van der Waals surface area contributed by atoms with Gasteiger partial charge in [-0.3, -0.25) is 8.74 Å². The Labute approximate surface area is 111 Å². The second-order valence-electron chi connectivity index (χ2n) is 4.49. The molecule has 2 atom stereocenters. The first-order chi connectivity index (χ1) is 7.99. The lowest BCUT2D eigenvalue weighted by Gasteiger charge is -2.16. The fourth-order valence-corrected chi connectivity index (χ4v) is 2.70. The molecule has 17 heavy (non-hydrogen) atoms. The summed E-state index contributed by atoms with van der Waals surface area (Å²) in [5.41, 5.74) is 0. The number of unbranched alkanes of at least 4 members (excludes halogenated alkanes) is 5. The maximum Gasteiger partial charge on any atom is 0.266 e. The highest BCUT2D eigenvalue weighted by Crippen LogP contribution is 2.16. The molecule has 1 N–H and O–H groups in total. The molecule has 0 bridgehead atoms. The average Bonchev–Trinajstić information content (AvgIpc) is 2.22. The summed E-state index contributed by atoms with van der Waals surface area (Å²) in [6.45, 7) is 4.30. The molecule has 104 valence electrons. The zero-order valence-electron chi connectivity index (χ0n) is 11.0. The van der Waals surface area contributed by atoms with Crippen LogP contribution in [0.2, 0.25) is 0 Å². The van der Waals surface area contributed by atoms with Crippen molar-refractivity contribution in [2.24, 2.45) is 0 Å². The summed E-state index contributed by atoms with van der Waals surface area (Å²) < 4.78 is 25.2. The van der Waals surface area contributed by atoms with Crippen LogP contribution in [-0.2, 0) is 24.4 Å². The van der Waals surface area contributed by atoms with E-state index in [2.05, 4.69) is 25.0 Å². The van der Waals surface area contributed by atoms with Gasteiger partial charge >= 0.3 is 0 Å². The minimum absolute atomic E-state index is 0.145. The van der Waals surface area contributed by atoms with E-state index in [1.165, 1.54) is 12.8 Å². The van der Waals surface area contributed by atoms with Gasteiger partial charge in [-0.2, -0.15) is 4.21 Å². The molecule has 3 nitrogen and oxygen atoms in total. The largest absolute Gasteiger partial charge is 0.285 e. The summed E-state index contributed by atoms with van der Waals surface area (Å²) in [7, 11) is -3.47. The van der Waals surface area contributed by atoms with Crippen LogP contribution in [0.25, 0.3) is 0 Å². The molecule has 2 unspecified atom stereocenters. The van der Waals surface area contributed by atoms with Gasteiger partial charge in [0.05, 0.1) is 6.10 Å². The summed E-state index contributed by atoms with van der Waals surface area (Å²) in [6, 6.07) is 0. The monoisotopic (exact) mass is 282 g/mol. The van der Waals surface area contributed by atoms with Crippen molar-refractivity contribution in [1.82, 2.24) is 0 Å². The van der Waals surface area contributed by atoms with Crippen LogP contribution in [0, 0.1) is 0 Å². The van der Waals surface area contributed by atoms with Gasteiger partial charge in [0.1, 0.15) is 0 Å². The molecule has 5 heteroatoms. The maximum atomic E-state index is 11.1. The highest BCUT2D eigenvalue weighted by molar-refractivity contribution is 8.27. The second-order valence-corrected chi connectivity index (χ2v) is 6.80. The van der Waals surface area contributed by atoms with Gasteiger partial charge < -0.3 is 0 Å². The van der Waals surface area contributed by atoms with Crippen LogP contribution < -0.4 is 0 Å². The third kappa shape index (κ3) is 12.5. The first kappa shape index (κ1) is 17.3. The van der Waals surface area contributed by atoms with E-state index >= 15 is 0 Å². The van der Waals surface area contributed by atoms with Gasteiger partial charge in [0.2, 0.25) is 0 Å². The van der Waals surface area contributed by atoms with Crippen LogP contribution in [-0.4, -0.2) is 14.9 Å². The van der Waals surface area contributed by atoms with Crippen LogP contribution in [0.4, 0.5) is 0 Å². The van der Waals surface area contributed by atoms with Crippen LogP contribution in [0.1, 0.15) is 71.6 Å². The smallest absolute Gasteiger partial charge is 0.266 e. The van der Waals surface area contributed by atoms with E-state index < -0.39 is 9.05 Å². The van der Waals surface area contributed by atoms with Gasteiger partial charge in [-0.25, -0.2) is 0 Å². The Morgan fingerprint density at radius 3 is 2.00 bits per heavy atom. The molecule has 0 spiro atoms. The molecule has 0 aromatic carbocycles. The molecule has 0 fully saturated rings. The van der Waals surface area contributed by atoms with Gasteiger partial charge in [0.25, 0.3) is 9.05 Å². The zero-order chi connectivity index (χ0) is 13.1. The van der Waals surface area contributed by atoms with E-state index in [1.54, 1.807) is 0 Å². The van der Waals surface area contributed by atoms with Crippen molar-refractivity contribution < 1.29 is 12.9 Å². The molecular formula is C12H26O3S2. The molecule has 0 heterocycles. The maximum absolute atomic E-state index is 11.1. The van der Waals surface area contributed by atoms with E-state index in [1.807, 2.05) is 0 Å². The van der Waals surface area contributed by atoms with E-state index in [0.29, 0.717) is 0 Å². The third-order valence-electron chi connectivity index (χ3n) is 2.77. The van der Waals surface area contributed by atoms with Crippen LogP contribution in [0.3, 0.4) is 0 Å². The Kier molecular flexibility index (Phi) is 10.4. The molecule has 0 saturated heterocycles. The second kappa shape index (κ2) is 10.2. The molecular weight excluding hydrogens is 256 g/mol. The molecule has 0 aromatic rings. The Morgan fingerprint density at radius 2 is 1.53 bits per heavy atom. The van der Waals surface area contributed by atoms with Crippen molar-refractivity contribution in [3.05, 3.63) is 0 Å². The van der Waals surface area contributed by atoms with Gasteiger partial charge in [-0.1, -0.05) is 58.8 Å². The lowest BCUT2D eigenvalue weighted by molar-refractivity contribution is 0.174. The molecule has 0 rings (SSSR count). The van der Waals surface area contributed by atoms with E-state index in [-0.39, 0.29) is 6.10 Å². The van der Waals surface area contributed by atoms with Crippen molar-refractivity contribution in [2.75, 3.05) is 0 Å². The topological polar surface area (TPSA) is 46.5 Å². The molecule has 0 aliphatic carbocycles. The lowest BCUT2D eigenvalue weighted by Crippen LogP contribution is -2.17. The predicted octanol–water partition coefficient (Wildman–Crippen LogP) is 4.06. The van der Waals surface area contributed by atoms with Crippen molar-refractivity contribution in [3.63, 3.8) is 0 Å². The van der Waals surface area contributed by atoms with E-state index in [9.17, 15) is 4.21 Å². The standard InChI is InChI=1S/C12H26O3S2/c1-3-5-7-9-11-12(10-8-6-4-2)15-17(13,14)16/h12H,3-11H2,1-2H3,(H,13,14,16).